The first-order chi connectivity index (χ1) is 18.0. The lowest BCUT2D eigenvalue weighted by molar-refractivity contribution is -0.196. The van der Waals surface area contributed by atoms with Crippen molar-refractivity contribution in [3.8, 4) is 0 Å². The average molecular weight is 498 g/mol. The molecular weight excluding hydrogens is 466 g/mol. The molecule has 37 heavy (non-hydrogen) atoms. The summed E-state index contributed by atoms with van der Waals surface area (Å²) in [6, 6.07) is 30.9. The zero-order valence-electron chi connectivity index (χ0n) is 20.9. The fraction of sp³-hybridized carbons (Fsp3) is 0.300. The Kier molecular flexibility index (Phi) is 6.09. The summed E-state index contributed by atoms with van der Waals surface area (Å²) < 4.78 is 26.2. The number of anilines is 1. The van der Waals surface area contributed by atoms with E-state index in [4.69, 9.17) is 24.7 Å². The van der Waals surface area contributed by atoms with Gasteiger partial charge in [0.2, 0.25) is 0 Å². The standard InChI is InChI=1S/C30H31N3O4/c1-29(2)36-26-24(35-25(27(26)37-29)23-18-32-33-28(23)31)19-34-30(20-12-6-3-7-13-20,21-14-8-4-9-15-21)22-16-10-5-11-17-22/h3-18,24-27H,19H2,1-2H3,(H3,31,32,33)/t24-,25-,26-,27+/m1/s1. The van der Waals surface area contributed by atoms with Crippen LogP contribution in [0.1, 0.15) is 42.2 Å². The molecule has 6 rings (SSSR count). The molecule has 0 amide bonds. The van der Waals surface area contributed by atoms with Crippen LogP contribution < -0.4 is 5.73 Å². The van der Waals surface area contributed by atoms with Gasteiger partial charge in [-0.1, -0.05) is 91.0 Å². The quantitative estimate of drug-likeness (QED) is 0.351. The summed E-state index contributed by atoms with van der Waals surface area (Å²) in [6.45, 7) is 4.11. The largest absolute Gasteiger partial charge is 0.384 e. The molecule has 0 aliphatic carbocycles. The molecule has 3 N–H and O–H groups in total. The number of fused-ring (bicyclic) bond motifs is 1. The van der Waals surface area contributed by atoms with Gasteiger partial charge in [0.05, 0.1) is 12.8 Å². The van der Waals surface area contributed by atoms with Crippen molar-refractivity contribution in [2.24, 2.45) is 0 Å². The van der Waals surface area contributed by atoms with Crippen molar-refractivity contribution in [1.29, 1.82) is 0 Å². The molecule has 2 aliphatic rings. The molecule has 4 atom stereocenters. The number of H-pyrrole nitrogens is 1. The van der Waals surface area contributed by atoms with Crippen molar-refractivity contribution >= 4 is 5.82 Å². The lowest BCUT2D eigenvalue weighted by Crippen LogP contribution is -2.39. The average Bonchev–Trinajstić information content (AvgIpc) is 3.58. The predicted octanol–water partition coefficient (Wildman–Crippen LogP) is 4.96. The first-order valence-electron chi connectivity index (χ1n) is 12.6. The number of nitrogens with zero attached hydrogens (tertiary/aromatic N) is 1. The van der Waals surface area contributed by atoms with E-state index >= 15 is 0 Å². The van der Waals surface area contributed by atoms with E-state index < -0.39 is 17.5 Å². The van der Waals surface area contributed by atoms with Crippen molar-refractivity contribution in [3.05, 3.63) is 119 Å². The molecule has 7 heteroatoms. The van der Waals surface area contributed by atoms with Crippen molar-refractivity contribution in [2.45, 2.75) is 49.7 Å². The molecule has 0 bridgehead atoms. The number of hydrogen-bond donors (Lipinski definition) is 2. The molecule has 2 saturated heterocycles. The van der Waals surface area contributed by atoms with E-state index in [2.05, 4.69) is 46.6 Å². The maximum Gasteiger partial charge on any atom is 0.164 e. The Hall–Kier alpha value is -3.49. The summed E-state index contributed by atoms with van der Waals surface area (Å²) in [7, 11) is 0. The van der Waals surface area contributed by atoms with Gasteiger partial charge in [0, 0.05) is 5.56 Å². The lowest BCUT2D eigenvalue weighted by atomic mass is 9.80. The van der Waals surface area contributed by atoms with Crippen LogP contribution in [0.5, 0.6) is 0 Å². The van der Waals surface area contributed by atoms with Gasteiger partial charge in [-0.25, -0.2) is 0 Å². The third-order valence-electron chi connectivity index (χ3n) is 7.16. The maximum atomic E-state index is 7.03. The molecule has 2 aliphatic heterocycles. The molecule has 0 spiro atoms. The summed E-state index contributed by atoms with van der Waals surface area (Å²) in [6.07, 6.45) is 0.231. The van der Waals surface area contributed by atoms with Crippen molar-refractivity contribution in [2.75, 3.05) is 12.3 Å². The highest BCUT2D eigenvalue weighted by Crippen LogP contribution is 2.47. The fourth-order valence-corrected chi connectivity index (χ4v) is 5.57. The summed E-state index contributed by atoms with van der Waals surface area (Å²) in [4.78, 5) is 0. The van der Waals surface area contributed by atoms with Crippen LogP contribution in [0.2, 0.25) is 0 Å². The summed E-state index contributed by atoms with van der Waals surface area (Å²) in [5.74, 6) is -0.283. The monoisotopic (exact) mass is 497 g/mol. The van der Waals surface area contributed by atoms with Gasteiger partial charge in [0.15, 0.2) is 5.79 Å². The summed E-state index contributed by atoms with van der Waals surface area (Å²) in [5.41, 5.74) is 9.16. The molecule has 7 nitrogen and oxygen atoms in total. The minimum atomic E-state index is -0.857. The maximum absolute atomic E-state index is 7.03. The van der Waals surface area contributed by atoms with Gasteiger partial charge in [0.1, 0.15) is 35.8 Å². The molecule has 3 heterocycles. The smallest absolute Gasteiger partial charge is 0.164 e. The van der Waals surface area contributed by atoms with Crippen LogP contribution in [0, 0.1) is 0 Å². The number of nitrogen functional groups attached to an aromatic ring is 1. The number of benzene rings is 3. The molecule has 190 valence electrons. The number of aromatic amines is 1. The van der Waals surface area contributed by atoms with Gasteiger partial charge in [-0.3, -0.25) is 5.10 Å². The van der Waals surface area contributed by atoms with E-state index in [1.807, 2.05) is 68.4 Å². The SMILES string of the molecule is CC1(C)O[C@@H]2[C@H](O1)[C@@H](COC(c1ccccc1)(c1ccccc1)c1ccccc1)O[C@@H]2c1cn[nH]c1N. The zero-order chi connectivity index (χ0) is 25.5. The number of ether oxygens (including phenoxy) is 4. The fourth-order valence-electron chi connectivity index (χ4n) is 5.57. The van der Waals surface area contributed by atoms with Crippen LogP contribution in [0.4, 0.5) is 5.82 Å². The summed E-state index contributed by atoms with van der Waals surface area (Å²) >= 11 is 0. The Morgan fingerprint density at radius 1 is 0.838 bits per heavy atom. The highest BCUT2D eigenvalue weighted by molar-refractivity contribution is 5.47. The molecule has 0 unspecified atom stereocenters. The van der Waals surface area contributed by atoms with Crippen LogP contribution in [-0.2, 0) is 24.5 Å². The highest BCUT2D eigenvalue weighted by Gasteiger charge is 2.56. The second-order valence-electron chi connectivity index (χ2n) is 9.99. The minimum Gasteiger partial charge on any atom is -0.384 e. The van der Waals surface area contributed by atoms with Gasteiger partial charge in [-0.2, -0.15) is 5.10 Å². The molecule has 1 aromatic heterocycles. The topological polar surface area (TPSA) is 91.6 Å². The van der Waals surface area contributed by atoms with Crippen molar-refractivity contribution in [3.63, 3.8) is 0 Å². The first kappa shape index (κ1) is 23.9. The predicted molar refractivity (Wildman–Crippen MR) is 140 cm³/mol. The van der Waals surface area contributed by atoms with Gasteiger partial charge in [0.25, 0.3) is 0 Å². The van der Waals surface area contributed by atoms with Crippen LogP contribution in [0.3, 0.4) is 0 Å². The lowest BCUT2D eigenvalue weighted by Gasteiger charge is -2.37. The molecule has 0 radical (unpaired) electrons. The number of hydrogen-bond acceptors (Lipinski definition) is 6. The van der Waals surface area contributed by atoms with E-state index in [-0.39, 0.29) is 24.9 Å². The molecule has 0 saturated carbocycles. The molecule has 3 aromatic carbocycles. The molecular formula is C30H31N3O4. The van der Waals surface area contributed by atoms with E-state index in [1.165, 1.54) is 0 Å². The Balaban J connectivity index is 1.40. The number of nitrogens with one attached hydrogen (secondary N) is 1. The van der Waals surface area contributed by atoms with Gasteiger partial charge in [-0.15, -0.1) is 0 Å². The Bertz CT molecular complexity index is 1230. The van der Waals surface area contributed by atoms with Crippen LogP contribution in [0.25, 0.3) is 0 Å². The summed E-state index contributed by atoms with van der Waals surface area (Å²) in [5, 5.41) is 6.89. The van der Waals surface area contributed by atoms with E-state index in [0.29, 0.717) is 5.82 Å². The number of aromatic nitrogens is 2. The van der Waals surface area contributed by atoms with Crippen LogP contribution >= 0.6 is 0 Å². The Labute approximate surface area is 216 Å². The van der Waals surface area contributed by atoms with Crippen LogP contribution in [-0.4, -0.2) is 40.9 Å². The van der Waals surface area contributed by atoms with Crippen LogP contribution in [0.15, 0.2) is 97.2 Å². The number of rotatable bonds is 7. The zero-order valence-corrected chi connectivity index (χ0v) is 20.9. The second-order valence-corrected chi connectivity index (χ2v) is 9.99. The van der Waals surface area contributed by atoms with Gasteiger partial charge < -0.3 is 24.7 Å². The van der Waals surface area contributed by atoms with Gasteiger partial charge >= 0.3 is 0 Å². The second kappa shape index (κ2) is 9.43. The molecule has 4 aromatic rings. The Morgan fingerprint density at radius 2 is 1.35 bits per heavy atom. The van der Waals surface area contributed by atoms with Gasteiger partial charge in [-0.05, 0) is 30.5 Å². The first-order valence-corrected chi connectivity index (χ1v) is 12.6. The van der Waals surface area contributed by atoms with Crippen molar-refractivity contribution < 1.29 is 18.9 Å². The van der Waals surface area contributed by atoms with E-state index in [1.54, 1.807) is 6.20 Å². The Morgan fingerprint density at radius 3 is 1.84 bits per heavy atom. The minimum absolute atomic E-state index is 0.271. The highest BCUT2D eigenvalue weighted by atomic mass is 16.8. The molecule has 2 fully saturated rings. The third-order valence-corrected chi connectivity index (χ3v) is 7.16. The number of nitrogens with two attached hydrogens (primary N) is 1. The van der Waals surface area contributed by atoms with E-state index in [0.717, 1.165) is 22.3 Å². The van der Waals surface area contributed by atoms with Crippen molar-refractivity contribution in [1.82, 2.24) is 10.2 Å². The third kappa shape index (κ3) is 4.24. The normalized spacial score (nSPS) is 24.7. The van der Waals surface area contributed by atoms with E-state index in [9.17, 15) is 0 Å².